The molecule has 2 heterocycles. The lowest BCUT2D eigenvalue weighted by Crippen LogP contribution is -2.23. The molecule has 5 rings (SSSR count). The quantitative estimate of drug-likeness (QED) is 0.273. The Hall–Kier alpha value is -3.57. The Bertz CT molecular complexity index is 1530. The number of likely N-dealkylation sites (N-methyl/N-ethyl adjacent to an activating group) is 1. The molecule has 3 aromatic carbocycles. The van der Waals surface area contributed by atoms with Crippen LogP contribution in [-0.2, 0) is 10.2 Å². The normalized spacial score (nSPS) is 16.6. The summed E-state index contributed by atoms with van der Waals surface area (Å²) in [7, 11) is 1.79. The van der Waals surface area contributed by atoms with Gasteiger partial charge >= 0.3 is 0 Å². The first-order valence-electron chi connectivity index (χ1n) is 12.2. The molecule has 0 unspecified atom stereocenters. The van der Waals surface area contributed by atoms with E-state index in [4.69, 9.17) is 4.99 Å². The Kier molecular flexibility index (Phi) is 6.13. The number of aromatic nitrogens is 1. The van der Waals surface area contributed by atoms with E-state index in [1.807, 2.05) is 24.3 Å². The number of thioether (sulfide) groups is 1. The highest BCUT2D eigenvalue weighted by molar-refractivity contribution is 8.18. The van der Waals surface area contributed by atoms with Gasteiger partial charge in [-0.1, -0.05) is 63.2 Å². The van der Waals surface area contributed by atoms with Crippen molar-refractivity contribution in [2.24, 2.45) is 4.99 Å². The van der Waals surface area contributed by atoms with Crippen molar-refractivity contribution in [1.29, 1.82) is 0 Å². The van der Waals surface area contributed by atoms with Crippen LogP contribution in [0.25, 0.3) is 22.5 Å². The molecule has 1 aliphatic rings. The molecule has 0 bridgehead atoms. The van der Waals surface area contributed by atoms with Gasteiger partial charge in [0.05, 0.1) is 10.6 Å². The van der Waals surface area contributed by atoms with Gasteiger partial charge in [0.1, 0.15) is 0 Å². The van der Waals surface area contributed by atoms with Crippen molar-refractivity contribution in [2.45, 2.75) is 40.0 Å². The summed E-state index contributed by atoms with van der Waals surface area (Å²) in [6, 6.07) is 25.2. The van der Waals surface area contributed by atoms with Crippen molar-refractivity contribution in [2.75, 3.05) is 7.05 Å². The lowest BCUT2D eigenvalue weighted by molar-refractivity contribution is -0.121. The fourth-order valence-corrected chi connectivity index (χ4v) is 5.57. The number of benzene rings is 3. The van der Waals surface area contributed by atoms with E-state index in [-0.39, 0.29) is 11.3 Å². The lowest BCUT2D eigenvalue weighted by Gasteiger charge is -2.20. The Balaban J connectivity index is 1.45. The predicted octanol–water partition coefficient (Wildman–Crippen LogP) is 7.78. The molecule has 5 heteroatoms. The second kappa shape index (κ2) is 9.14. The second-order valence-electron chi connectivity index (χ2n) is 10.4. The summed E-state index contributed by atoms with van der Waals surface area (Å²) in [5, 5.41) is 3.00. The van der Waals surface area contributed by atoms with Gasteiger partial charge in [0.2, 0.25) is 0 Å². The van der Waals surface area contributed by atoms with Crippen molar-refractivity contribution in [1.82, 2.24) is 9.47 Å². The summed E-state index contributed by atoms with van der Waals surface area (Å²) in [6.45, 7) is 10.9. The average molecular weight is 494 g/mol. The number of hydrogen-bond donors (Lipinski definition) is 0. The van der Waals surface area contributed by atoms with Crippen LogP contribution in [0.4, 0.5) is 5.69 Å². The molecule has 4 aromatic rings. The van der Waals surface area contributed by atoms with Crippen LogP contribution in [-0.4, -0.2) is 27.6 Å². The summed E-state index contributed by atoms with van der Waals surface area (Å²) in [5.41, 5.74) is 6.69. The summed E-state index contributed by atoms with van der Waals surface area (Å²) in [5.74, 6) is -0.0288. The molecule has 1 aliphatic heterocycles. The Morgan fingerprint density at radius 3 is 2.28 bits per heavy atom. The molecular weight excluding hydrogens is 462 g/mol. The fraction of sp³-hybridized carbons (Fsp3) is 0.226. The minimum atomic E-state index is -0.0288. The van der Waals surface area contributed by atoms with Gasteiger partial charge in [-0.2, -0.15) is 0 Å². The highest BCUT2D eigenvalue weighted by Gasteiger charge is 2.30. The third kappa shape index (κ3) is 4.51. The SMILES string of the molecule is Cc1cc(/C=C2\SC(=Nc3ccc4ccccc4c3)N(C)C2=O)c(C)n1-c1ccc(C(C)(C)C)cc1. The van der Waals surface area contributed by atoms with Crippen molar-refractivity contribution in [3.8, 4) is 5.69 Å². The van der Waals surface area contributed by atoms with Crippen LogP contribution in [0.1, 0.15) is 43.3 Å². The van der Waals surface area contributed by atoms with Gasteiger partial charge in [0.15, 0.2) is 5.17 Å². The monoisotopic (exact) mass is 493 g/mol. The van der Waals surface area contributed by atoms with Crippen LogP contribution in [0.15, 0.2) is 82.7 Å². The van der Waals surface area contributed by atoms with Crippen LogP contribution >= 0.6 is 11.8 Å². The number of amides is 1. The molecule has 0 N–H and O–H groups in total. The summed E-state index contributed by atoms with van der Waals surface area (Å²) in [6.07, 6.45) is 1.99. The van der Waals surface area contributed by atoms with Gasteiger partial charge in [-0.25, -0.2) is 4.99 Å². The molecule has 0 aliphatic carbocycles. The summed E-state index contributed by atoms with van der Waals surface area (Å²) < 4.78 is 2.25. The predicted molar refractivity (Wildman–Crippen MR) is 153 cm³/mol. The highest BCUT2D eigenvalue weighted by atomic mass is 32.2. The Morgan fingerprint density at radius 2 is 1.58 bits per heavy atom. The summed E-state index contributed by atoms with van der Waals surface area (Å²) in [4.78, 5) is 20.2. The number of hydrogen-bond acceptors (Lipinski definition) is 3. The first-order valence-corrected chi connectivity index (χ1v) is 13.0. The van der Waals surface area contributed by atoms with Gasteiger partial charge in [-0.3, -0.25) is 9.69 Å². The molecule has 0 atom stereocenters. The lowest BCUT2D eigenvalue weighted by atomic mass is 9.87. The number of aryl methyl sites for hydroxylation is 1. The van der Waals surface area contributed by atoms with Gasteiger partial charge in [-0.05, 0) is 89.3 Å². The highest BCUT2D eigenvalue weighted by Crippen LogP contribution is 2.35. The fourth-order valence-electron chi connectivity index (χ4n) is 4.59. The van der Waals surface area contributed by atoms with Crippen molar-refractivity contribution < 1.29 is 4.79 Å². The maximum Gasteiger partial charge on any atom is 0.266 e. The maximum atomic E-state index is 13.1. The van der Waals surface area contributed by atoms with Crippen LogP contribution in [0.5, 0.6) is 0 Å². The van der Waals surface area contributed by atoms with E-state index in [2.05, 4.69) is 93.8 Å². The second-order valence-corrected chi connectivity index (χ2v) is 11.4. The number of carbonyl (C=O) groups is 1. The maximum absolute atomic E-state index is 13.1. The molecule has 1 saturated heterocycles. The van der Waals surface area contributed by atoms with Crippen LogP contribution in [0.3, 0.4) is 0 Å². The van der Waals surface area contributed by atoms with E-state index in [1.54, 1.807) is 11.9 Å². The minimum Gasteiger partial charge on any atom is -0.318 e. The smallest absolute Gasteiger partial charge is 0.266 e. The molecule has 0 radical (unpaired) electrons. The van der Waals surface area contributed by atoms with E-state index < -0.39 is 0 Å². The van der Waals surface area contributed by atoms with Gasteiger partial charge < -0.3 is 4.57 Å². The topological polar surface area (TPSA) is 37.6 Å². The third-order valence-corrected chi connectivity index (χ3v) is 7.77. The standard InChI is InChI=1S/C31H31N3OS/c1-20-17-24(21(2)34(20)27-15-12-25(13-16-27)31(3,4)5)19-28-29(35)33(6)30(36-28)32-26-14-11-22-9-7-8-10-23(22)18-26/h7-19H,1-6H3/b28-19-,32-30?. The van der Waals surface area contributed by atoms with Gasteiger partial charge in [0, 0.05) is 24.1 Å². The zero-order chi connectivity index (χ0) is 25.6. The van der Waals surface area contributed by atoms with E-state index in [0.29, 0.717) is 10.1 Å². The molecule has 0 spiro atoms. The Labute approximate surface area is 217 Å². The van der Waals surface area contributed by atoms with Crippen molar-refractivity contribution in [3.05, 3.63) is 100 Å². The number of nitrogens with zero attached hydrogens (tertiary/aromatic N) is 3. The van der Waals surface area contributed by atoms with Crippen LogP contribution in [0, 0.1) is 13.8 Å². The zero-order valence-electron chi connectivity index (χ0n) is 21.7. The zero-order valence-corrected chi connectivity index (χ0v) is 22.5. The van der Waals surface area contributed by atoms with E-state index in [1.165, 1.54) is 22.7 Å². The number of aliphatic imine (C=N–C) groups is 1. The number of fused-ring (bicyclic) bond motifs is 1. The van der Waals surface area contributed by atoms with Crippen LogP contribution in [0.2, 0.25) is 0 Å². The molecule has 4 nitrogen and oxygen atoms in total. The molecule has 182 valence electrons. The van der Waals surface area contributed by atoms with E-state index in [0.717, 1.165) is 33.7 Å². The number of carbonyl (C=O) groups excluding carboxylic acids is 1. The minimum absolute atomic E-state index is 0.0288. The molecule has 36 heavy (non-hydrogen) atoms. The van der Waals surface area contributed by atoms with Crippen LogP contribution < -0.4 is 0 Å². The first kappa shape index (κ1) is 24.1. The molecule has 0 saturated carbocycles. The molecule has 1 aromatic heterocycles. The van der Waals surface area contributed by atoms with Gasteiger partial charge in [0.25, 0.3) is 5.91 Å². The number of rotatable bonds is 3. The third-order valence-electron chi connectivity index (χ3n) is 6.71. The molecular formula is C31H31N3OS. The van der Waals surface area contributed by atoms with Gasteiger partial charge in [-0.15, -0.1) is 0 Å². The average Bonchev–Trinajstić information content (AvgIpc) is 3.27. The van der Waals surface area contributed by atoms with Crippen molar-refractivity contribution in [3.63, 3.8) is 0 Å². The first-order chi connectivity index (χ1) is 17.1. The van der Waals surface area contributed by atoms with E-state index in [9.17, 15) is 4.79 Å². The summed E-state index contributed by atoms with van der Waals surface area (Å²) >= 11 is 1.42. The largest absolute Gasteiger partial charge is 0.318 e. The number of amidine groups is 1. The Morgan fingerprint density at radius 1 is 0.889 bits per heavy atom. The molecule has 1 amide bonds. The molecule has 1 fully saturated rings. The van der Waals surface area contributed by atoms with Crippen molar-refractivity contribution >= 4 is 45.4 Å². The van der Waals surface area contributed by atoms with E-state index >= 15 is 0 Å².